The third kappa shape index (κ3) is 2.79. The second kappa shape index (κ2) is 5.72. The molecule has 0 amide bonds. The zero-order valence-electron chi connectivity index (χ0n) is 10.1. The second-order valence-electron chi connectivity index (χ2n) is 3.96. The summed E-state index contributed by atoms with van der Waals surface area (Å²) in [4.78, 5) is 21.6. The lowest BCUT2D eigenvalue weighted by atomic mass is 10.2. The molecule has 17 heavy (non-hydrogen) atoms. The van der Waals surface area contributed by atoms with E-state index >= 15 is 0 Å². The van der Waals surface area contributed by atoms with Gasteiger partial charge < -0.3 is 14.4 Å². The van der Waals surface area contributed by atoms with Gasteiger partial charge in [-0.15, -0.1) is 0 Å². The number of aromatic nitrogens is 2. The van der Waals surface area contributed by atoms with Crippen molar-refractivity contribution in [3.8, 4) is 0 Å². The third-order valence-corrected chi connectivity index (χ3v) is 2.82. The molecule has 5 heteroatoms. The number of aryl methyl sites for hydroxylation is 1. The summed E-state index contributed by atoms with van der Waals surface area (Å²) < 4.78 is 5.32. The van der Waals surface area contributed by atoms with Gasteiger partial charge in [0.05, 0.1) is 13.2 Å². The van der Waals surface area contributed by atoms with Crippen LogP contribution in [0.1, 0.15) is 18.3 Å². The van der Waals surface area contributed by atoms with Crippen LogP contribution in [0.5, 0.6) is 0 Å². The molecule has 0 aromatic carbocycles. The van der Waals surface area contributed by atoms with Crippen molar-refractivity contribution < 1.29 is 9.53 Å². The van der Waals surface area contributed by atoms with Gasteiger partial charge in [0.15, 0.2) is 0 Å². The average Bonchev–Trinajstić information content (AvgIpc) is 2.40. The second-order valence-corrected chi connectivity index (χ2v) is 3.96. The predicted molar refractivity (Wildman–Crippen MR) is 64.2 cm³/mol. The highest BCUT2D eigenvalue weighted by molar-refractivity contribution is 5.60. The molecule has 1 aromatic heterocycles. The van der Waals surface area contributed by atoms with Crippen molar-refractivity contribution >= 4 is 12.1 Å². The fraction of sp³-hybridized carbons (Fsp3) is 0.583. The van der Waals surface area contributed by atoms with E-state index in [1.54, 1.807) is 6.20 Å². The Labute approximate surface area is 101 Å². The molecule has 0 N–H and O–H groups in total. The Bertz CT molecular complexity index is 389. The molecule has 1 aliphatic heterocycles. The first-order valence-corrected chi connectivity index (χ1v) is 5.96. The molecule has 0 atom stereocenters. The van der Waals surface area contributed by atoms with Gasteiger partial charge in [0.25, 0.3) is 0 Å². The Morgan fingerprint density at radius 3 is 2.88 bits per heavy atom. The van der Waals surface area contributed by atoms with Crippen LogP contribution in [0.4, 0.5) is 5.82 Å². The van der Waals surface area contributed by atoms with Crippen LogP contribution in [-0.4, -0.2) is 42.6 Å². The standard InChI is InChI=1S/C12H17N3O2/c1-2-11-13-9-10(3-6-16)12(14-11)15-4-7-17-8-5-15/h6,9H,2-5,7-8H2,1H3. The fourth-order valence-corrected chi connectivity index (χ4v) is 1.89. The summed E-state index contributed by atoms with van der Waals surface area (Å²) in [6.45, 7) is 5.11. The van der Waals surface area contributed by atoms with E-state index in [0.29, 0.717) is 19.6 Å². The smallest absolute Gasteiger partial charge is 0.136 e. The molecule has 0 spiro atoms. The minimum absolute atomic E-state index is 0.372. The Morgan fingerprint density at radius 2 is 2.24 bits per heavy atom. The van der Waals surface area contributed by atoms with E-state index in [-0.39, 0.29) is 0 Å². The predicted octanol–water partition coefficient (Wildman–Crippen LogP) is 0.617. The monoisotopic (exact) mass is 235 g/mol. The summed E-state index contributed by atoms with van der Waals surface area (Å²) in [6, 6.07) is 0. The fourth-order valence-electron chi connectivity index (χ4n) is 1.89. The first-order valence-electron chi connectivity index (χ1n) is 5.96. The Morgan fingerprint density at radius 1 is 1.47 bits per heavy atom. The molecule has 92 valence electrons. The molecule has 5 nitrogen and oxygen atoms in total. The summed E-state index contributed by atoms with van der Waals surface area (Å²) in [7, 11) is 0. The van der Waals surface area contributed by atoms with Gasteiger partial charge in [-0.1, -0.05) is 6.92 Å². The molecule has 0 saturated carbocycles. The molecule has 0 bridgehead atoms. The van der Waals surface area contributed by atoms with Crippen molar-refractivity contribution in [3.05, 3.63) is 17.6 Å². The number of carbonyl (C=O) groups is 1. The highest BCUT2D eigenvalue weighted by Gasteiger charge is 2.16. The van der Waals surface area contributed by atoms with Crippen molar-refractivity contribution in [1.82, 2.24) is 9.97 Å². The van der Waals surface area contributed by atoms with Gasteiger partial charge in [-0.2, -0.15) is 0 Å². The molecular weight excluding hydrogens is 218 g/mol. The number of nitrogens with zero attached hydrogens (tertiary/aromatic N) is 3. The van der Waals surface area contributed by atoms with Crippen molar-refractivity contribution in [3.63, 3.8) is 0 Å². The normalized spacial score (nSPS) is 15.9. The molecule has 1 aliphatic rings. The SMILES string of the molecule is CCc1ncc(CC=O)c(N2CCOCC2)n1. The molecule has 0 unspecified atom stereocenters. The maximum Gasteiger partial charge on any atom is 0.136 e. The van der Waals surface area contributed by atoms with Crippen LogP contribution in [0.2, 0.25) is 0 Å². The summed E-state index contributed by atoms with van der Waals surface area (Å²) in [6.07, 6.45) is 3.84. The Kier molecular flexibility index (Phi) is 4.03. The summed E-state index contributed by atoms with van der Waals surface area (Å²) >= 11 is 0. The van der Waals surface area contributed by atoms with Crippen LogP contribution in [-0.2, 0) is 22.4 Å². The zero-order chi connectivity index (χ0) is 12.1. The van der Waals surface area contributed by atoms with E-state index in [4.69, 9.17) is 4.74 Å². The molecule has 1 fully saturated rings. The lowest BCUT2D eigenvalue weighted by Crippen LogP contribution is -2.37. The molecule has 0 radical (unpaired) electrons. The number of hydrogen-bond acceptors (Lipinski definition) is 5. The minimum atomic E-state index is 0.372. The van der Waals surface area contributed by atoms with Gasteiger partial charge in [0.1, 0.15) is 17.9 Å². The van der Waals surface area contributed by atoms with Gasteiger partial charge in [-0.05, 0) is 0 Å². The van der Waals surface area contributed by atoms with E-state index in [1.165, 1.54) is 0 Å². The number of anilines is 1. The van der Waals surface area contributed by atoms with E-state index in [1.807, 2.05) is 6.92 Å². The third-order valence-electron chi connectivity index (χ3n) is 2.82. The van der Waals surface area contributed by atoms with Crippen molar-refractivity contribution in [1.29, 1.82) is 0 Å². The maximum atomic E-state index is 10.7. The van der Waals surface area contributed by atoms with E-state index < -0.39 is 0 Å². The molecule has 1 aromatic rings. The van der Waals surface area contributed by atoms with Gasteiger partial charge in [-0.25, -0.2) is 9.97 Å². The number of hydrogen-bond donors (Lipinski definition) is 0. The Hall–Kier alpha value is -1.49. The summed E-state index contributed by atoms with van der Waals surface area (Å²) in [5.74, 6) is 1.72. The number of rotatable bonds is 4. The van der Waals surface area contributed by atoms with Crippen LogP contribution < -0.4 is 4.90 Å². The quantitative estimate of drug-likeness (QED) is 0.716. The number of aldehydes is 1. The van der Waals surface area contributed by atoms with Crippen LogP contribution >= 0.6 is 0 Å². The number of morpholine rings is 1. The first kappa shape index (κ1) is 12.0. The van der Waals surface area contributed by atoms with Crippen LogP contribution in [0, 0.1) is 0 Å². The lowest BCUT2D eigenvalue weighted by Gasteiger charge is -2.29. The average molecular weight is 235 g/mol. The van der Waals surface area contributed by atoms with E-state index in [9.17, 15) is 4.79 Å². The molecular formula is C12H17N3O2. The van der Waals surface area contributed by atoms with Crippen molar-refractivity contribution in [2.75, 3.05) is 31.2 Å². The Balaban J connectivity index is 2.29. The zero-order valence-corrected chi connectivity index (χ0v) is 10.1. The largest absolute Gasteiger partial charge is 0.378 e. The van der Waals surface area contributed by atoms with Gasteiger partial charge in [0, 0.05) is 37.7 Å². The summed E-state index contributed by atoms with van der Waals surface area (Å²) in [5.41, 5.74) is 0.902. The van der Waals surface area contributed by atoms with E-state index in [2.05, 4.69) is 14.9 Å². The van der Waals surface area contributed by atoms with E-state index in [0.717, 1.165) is 43.0 Å². The van der Waals surface area contributed by atoms with Crippen LogP contribution in [0.25, 0.3) is 0 Å². The van der Waals surface area contributed by atoms with Crippen molar-refractivity contribution in [2.45, 2.75) is 19.8 Å². The van der Waals surface area contributed by atoms with Gasteiger partial charge in [-0.3, -0.25) is 0 Å². The number of carbonyl (C=O) groups excluding carboxylic acids is 1. The molecule has 1 saturated heterocycles. The van der Waals surface area contributed by atoms with Gasteiger partial charge >= 0.3 is 0 Å². The minimum Gasteiger partial charge on any atom is -0.378 e. The van der Waals surface area contributed by atoms with Crippen LogP contribution in [0.15, 0.2) is 6.20 Å². The summed E-state index contributed by atoms with van der Waals surface area (Å²) in [5, 5.41) is 0. The topological polar surface area (TPSA) is 55.3 Å². The highest BCUT2D eigenvalue weighted by Crippen LogP contribution is 2.18. The molecule has 2 heterocycles. The lowest BCUT2D eigenvalue weighted by molar-refractivity contribution is -0.107. The van der Waals surface area contributed by atoms with Crippen molar-refractivity contribution in [2.24, 2.45) is 0 Å². The molecule has 0 aliphatic carbocycles. The maximum absolute atomic E-state index is 10.7. The first-order chi connectivity index (χ1) is 8.35. The van der Waals surface area contributed by atoms with Gasteiger partial charge in [0.2, 0.25) is 0 Å². The van der Waals surface area contributed by atoms with Crippen LogP contribution in [0.3, 0.4) is 0 Å². The number of ether oxygens (including phenoxy) is 1. The molecule has 2 rings (SSSR count). The highest BCUT2D eigenvalue weighted by atomic mass is 16.5.